The average molecular weight is 418 g/mol. The predicted molar refractivity (Wildman–Crippen MR) is 116 cm³/mol. The number of likely N-dealkylation sites (N-methyl/N-ethyl adjacent to an activating group) is 1. The van der Waals surface area contributed by atoms with Crippen LogP contribution in [0.3, 0.4) is 0 Å². The first-order valence-electron chi connectivity index (χ1n) is 11.0. The third-order valence-electron chi connectivity index (χ3n) is 5.75. The predicted octanol–water partition coefficient (Wildman–Crippen LogP) is 3.06. The van der Waals surface area contributed by atoms with Crippen LogP contribution >= 0.6 is 0 Å². The average Bonchev–Trinajstić information content (AvgIpc) is 3.54. The van der Waals surface area contributed by atoms with Gasteiger partial charge in [0.15, 0.2) is 0 Å². The zero-order chi connectivity index (χ0) is 21.5. The second-order valence-corrected chi connectivity index (χ2v) is 8.35. The Labute approximate surface area is 179 Å². The molecule has 166 valence electrons. The van der Waals surface area contributed by atoms with Gasteiger partial charge in [-0.2, -0.15) is 0 Å². The Balaban J connectivity index is 1.61. The molecule has 8 nitrogen and oxygen atoms in total. The molecular formula is C22H35N5O3. The van der Waals surface area contributed by atoms with E-state index in [-0.39, 0.29) is 12.6 Å². The Morgan fingerprint density at radius 2 is 1.97 bits per heavy atom. The van der Waals surface area contributed by atoms with E-state index in [1.54, 1.807) is 7.05 Å². The molecule has 0 unspecified atom stereocenters. The Morgan fingerprint density at radius 1 is 1.23 bits per heavy atom. The van der Waals surface area contributed by atoms with E-state index < -0.39 is 6.09 Å². The van der Waals surface area contributed by atoms with Crippen molar-refractivity contribution in [3.05, 3.63) is 29.2 Å². The number of aromatic nitrogens is 1. The lowest BCUT2D eigenvalue weighted by atomic mass is 9.98. The SMILES string of the molecule is Cc1nc(/C(N)=C(\CNC(=O)OCCC2CC2)N(C)N)ccc1OC1CCCCC1. The smallest absolute Gasteiger partial charge is 0.407 e. The third kappa shape index (κ3) is 6.52. The molecule has 0 aliphatic heterocycles. The number of nitrogens with one attached hydrogen (secondary N) is 1. The summed E-state index contributed by atoms with van der Waals surface area (Å²) in [7, 11) is 1.68. The van der Waals surface area contributed by atoms with E-state index in [0.717, 1.165) is 36.6 Å². The zero-order valence-corrected chi connectivity index (χ0v) is 18.2. The van der Waals surface area contributed by atoms with Crippen molar-refractivity contribution < 1.29 is 14.3 Å². The highest BCUT2D eigenvalue weighted by Crippen LogP contribution is 2.32. The van der Waals surface area contributed by atoms with Gasteiger partial charge in [-0.05, 0) is 57.1 Å². The lowest BCUT2D eigenvalue weighted by Gasteiger charge is -2.24. The first-order chi connectivity index (χ1) is 14.4. The maximum atomic E-state index is 11.9. The van der Waals surface area contributed by atoms with Crippen molar-refractivity contribution in [3.63, 3.8) is 0 Å². The van der Waals surface area contributed by atoms with E-state index in [1.165, 1.54) is 37.1 Å². The minimum atomic E-state index is -0.469. The Kier molecular flexibility index (Phi) is 7.79. The number of carbonyl (C=O) groups excluding carboxylic acids is 1. The molecule has 0 aromatic carbocycles. The fourth-order valence-electron chi connectivity index (χ4n) is 3.67. The van der Waals surface area contributed by atoms with Crippen LogP contribution in [0.15, 0.2) is 17.8 Å². The maximum Gasteiger partial charge on any atom is 0.407 e. The summed E-state index contributed by atoms with van der Waals surface area (Å²) in [6.45, 7) is 2.51. The molecule has 0 atom stereocenters. The number of nitrogens with two attached hydrogens (primary N) is 2. The Bertz CT molecular complexity index is 755. The van der Waals surface area contributed by atoms with Crippen LogP contribution < -0.4 is 21.6 Å². The van der Waals surface area contributed by atoms with Crippen molar-refractivity contribution in [3.8, 4) is 5.75 Å². The fraction of sp³-hybridized carbons (Fsp3) is 0.636. The van der Waals surface area contributed by atoms with Gasteiger partial charge in [0.25, 0.3) is 0 Å². The molecule has 0 bridgehead atoms. The number of rotatable bonds is 9. The Morgan fingerprint density at radius 3 is 2.60 bits per heavy atom. The molecule has 0 spiro atoms. The van der Waals surface area contributed by atoms with Crippen molar-refractivity contribution in [2.75, 3.05) is 20.2 Å². The van der Waals surface area contributed by atoms with Gasteiger partial charge >= 0.3 is 6.09 Å². The quantitative estimate of drug-likeness (QED) is 0.418. The van der Waals surface area contributed by atoms with Crippen LogP contribution in [-0.4, -0.2) is 42.4 Å². The number of hydrogen-bond acceptors (Lipinski definition) is 7. The van der Waals surface area contributed by atoms with Gasteiger partial charge < -0.3 is 25.5 Å². The highest BCUT2D eigenvalue weighted by molar-refractivity contribution is 5.69. The number of hydrogen-bond donors (Lipinski definition) is 3. The lowest BCUT2D eigenvalue weighted by molar-refractivity contribution is 0.143. The summed E-state index contributed by atoms with van der Waals surface area (Å²) in [4.78, 5) is 16.5. The minimum absolute atomic E-state index is 0.155. The number of ether oxygens (including phenoxy) is 2. The number of aryl methyl sites for hydroxylation is 1. The molecule has 1 heterocycles. The van der Waals surface area contributed by atoms with Gasteiger partial charge in [-0.25, -0.2) is 15.6 Å². The van der Waals surface area contributed by atoms with Crippen LogP contribution in [0.25, 0.3) is 5.70 Å². The van der Waals surface area contributed by atoms with Crippen LogP contribution in [-0.2, 0) is 4.74 Å². The van der Waals surface area contributed by atoms with Crippen molar-refractivity contribution in [2.24, 2.45) is 17.5 Å². The first-order valence-corrected chi connectivity index (χ1v) is 11.0. The monoisotopic (exact) mass is 417 g/mol. The number of amides is 1. The highest BCUT2D eigenvalue weighted by atomic mass is 16.5. The van der Waals surface area contributed by atoms with Gasteiger partial charge in [-0.15, -0.1) is 0 Å². The summed E-state index contributed by atoms with van der Waals surface area (Å²) in [5, 5.41) is 4.11. The van der Waals surface area contributed by atoms with Gasteiger partial charge in [0, 0.05) is 7.05 Å². The van der Waals surface area contributed by atoms with Crippen LogP contribution in [0.2, 0.25) is 0 Å². The first kappa shape index (κ1) is 22.2. The number of pyridine rings is 1. The van der Waals surface area contributed by atoms with Crippen LogP contribution in [0, 0.1) is 12.8 Å². The Hall–Kier alpha value is -2.48. The van der Waals surface area contributed by atoms with Crippen molar-refractivity contribution in [1.82, 2.24) is 15.3 Å². The molecule has 2 aliphatic carbocycles. The van der Waals surface area contributed by atoms with Crippen LogP contribution in [0.5, 0.6) is 5.75 Å². The second kappa shape index (κ2) is 10.5. The normalized spacial score (nSPS) is 17.8. The van der Waals surface area contributed by atoms with Gasteiger partial charge in [0.1, 0.15) is 5.75 Å². The fourth-order valence-corrected chi connectivity index (χ4v) is 3.67. The molecule has 0 radical (unpaired) electrons. The summed E-state index contributed by atoms with van der Waals surface area (Å²) in [5.41, 5.74) is 8.69. The number of alkyl carbamates (subject to hydrolysis) is 1. The van der Waals surface area contributed by atoms with Crippen molar-refractivity contribution in [2.45, 2.75) is 64.4 Å². The maximum absolute atomic E-state index is 11.9. The molecule has 8 heteroatoms. The molecule has 5 N–H and O–H groups in total. The van der Waals surface area contributed by atoms with Crippen molar-refractivity contribution in [1.29, 1.82) is 0 Å². The number of nitrogens with zero attached hydrogens (tertiary/aromatic N) is 2. The van der Waals surface area contributed by atoms with E-state index >= 15 is 0 Å². The molecule has 30 heavy (non-hydrogen) atoms. The summed E-state index contributed by atoms with van der Waals surface area (Å²) in [5.74, 6) is 7.46. The van der Waals surface area contributed by atoms with Gasteiger partial charge in [0.05, 0.1) is 42.0 Å². The molecule has 0 saturated heterocycles. The highest BCUT2D eigenvalue weighted by Gasteiger charge is 2.21. The molecule has 1 aromatic heterocycles. The standard InChI is InChI=1S/C22H35N5O3/c1-15-20(30-17-6-4-3-5-7-17)11-10-18(26-15)21(23)19(27(2)24)14-25-22(28)29-13-12-16-8-9-16/h10-11,16-17H,3-9,12-14,23-24H2,1-2H3,(H,25,28)/b21-19-. The molecular weight excluding hydrogens is 382 g/mol. The zero-order valence-electron chi connectivity index (χ0n) is 18.2. The molecule has 1 aromatic rings. The molecule has 3 rings (SSSR count). The molecule has 1 amide bonds. The van der Waals surface area contributed by atoms with Gasteiger partial charge in [0.2, 0.25) is 0 Å². The molecule has 2 saturated carbocycles. The van der Waals surface area contributed by atoms with E-state index in [1.807, 2.05) is 19.1 Å². The van der Waals surface area contributed by atoms with Gasteiger partial charge in [-0.3, -0.25) is 0 Å². The number of hydrazine groups is 1. The summed E-state index contributed by atoms with van der Waals surface area (Å²) in [6, 6.07) is 3.74. The molecule has 2 fully saturated rings. The summed E-state index contributed by atoms with van der Waals surface area (Å²) >= 11 is 0. The summed E-state index contributed by atoms with van der Waals surface area (Å²) < 4.78 is 11.3. The van der Waals surface area contributed by atoms with E-state index in [2.05, 4.69) is 10.3 Å². The topological polar surface area (TPSA) is 116 Å². The van der Waals surface area contributed by atoms with E-state index in [9.17, 15) is 4.79 Å². The molecule has 2 aliphatic rings. The minimum Gasteiger partial charge on any atom is -0.489 e. The van der Waals surface area contributed by atoms with E-state index in [4.69, 9.17) is 21.1 Å². The van der Waals surface area contributed by atoms with Gasteiger partial charge in [-0.1, -0.05) is 19.3 Å². The van der Waals surface area contributed by atoms with Crippen molar-refractivity contribution >= 4 is 11.8 Å². The third-order valence-corrected chi connectivity index (χ3v) is 5.75. The van der Waals surface area contributed by atoms with Crippen LogP contribution in [0.1, 0.15) is 62.8 Å². The van der Waals surface area contributed by atoms with Crippen LogP contribution in [0.4, 0.5) is 4.79 Å². The van der Waals surface area contributed by atoms with E-state index in [0.29, 0.717) is 23.7 Å². The summed E-state index contributed by atoms with van der Waals surface area (Å²) in [6.07, 6.45) is 9.10. The second-order valence-electron chi connectivity index (χ2n) is 8.35. The lowest BCUT2D eigenvalue weighted by Crippen LogP contribution is -2.36. The number of carbonyl (C=O) groups is 1. The largest absolute Gasteiger partial charge is 0.489 e.